The summed E-state index contributed by atoms with van der Waals surface area (Å²) in [5.74, 6) is -0.234. The first-order valence-corrected chi connectivity index (χ1v) is 6.82. The standard InChI is InChI=1S/C15H18FN5/c1-19-11-15(9-17,10-18)20-14-7-21(8-14)6-12-2-4-13(16)5-3-12/h2-5,14,19-20H,6-8,11H2,1H3. The Labute approximate surface area is 124 Å². The minimum absolute atomic E-state index is 0.123. The molecule has 0 radical (unpaired) electrons. The maximum Gasteiger partial charge on any atom is 0.206 e. The second-order valence-electron chi connectivity index (χ2n) is 5.32. The molecule has 21 heavy (non-hydrogen) atoms. The van der Waals surface area contributed by atoms with Gasteiger partial charge in [-0.2, -0.15) is 10.5 Å². The van der Waals surface area contributed by atoms with Crippen LogP contribution in [0.2, 0.25) is 0 Å². The van der Waals surface area contributed by atoms with Crippen molar-refractivity contribution >= 4 is 0 Å². The van der Waals surface area contributed by atoms with E-state index < -0.39 is 5.54 Å². The third-order valence-electron chi connectivity index (χ3n) is 3.55. The average Bonchev–Trinajstić information content (AvgIpc) is 2.46. The van der Waals surface area contributed by atoms with Crippen molar-refractivity contribution in [1.82, 2.24) is 15.5 Å². The summed E-state index contributed by atoms with van der Waals surface area (Å²) in [5.41, 5.74) is -0.126. The van der Waals surface area contributed by atoms with Crippen LogP contribution in [0, 0.1) is 28.5 Å². The molecule has 110 valence electrons. The third kappa shape index (κ3) is 3.77. The van der Waals surface area contributed by atoms with Gasteiger partial charge in [-0.05, 0) is 24.7 Å². The Balaban J connectivity index is 1.82. The van der Waals surface area contributed by atoms with Crippen LogP contribution in [0.25, 0.3) is 0 Å². The topological polar surface area (TPSA) is 74.9 Å². The zero-order chi connectivity index (χ0) is 15.3. The van der Waals surface area contributed by atoms with Crippen LogP contribution in [-0.4, -0.2) is 43.2 Å². The van der Waals surface area contributed by atoms with E-state index >= 15 is 0 Å². The fourth-order valence-electron chi connectivity index (χ4n) is 2.47. The first-order valence-electron chi connectivity index (χ1n) is 6.82. The van der Waals surface area contributed by atoms with Crippen molar-refractivity contribution in [1.29, 1.82) is 10.5 Å². The van der Waals surface area contributed by atoms with Crippen molar-refractivity contribution in [2.45, 2.75) is 18.1 Å². The van der Waals surface area contributed by atoms with E-state index in [4.69, 9.17) is 0 Å². The van der Waals surface area contributed by atoms with E-state index in [-0.39, 0.29) is 18.4 Å². The van der Waals surface area contributed by atoms with Crippen molar-refractivity contribution in [3.63, 3.8) is 0 Å². The molecular weight excluding hydrogens is 269 g/mol. The van der Waals surface area contributed by atoms with Crippen molar-refractivity contribution < 1.29 is 4.39 Å². The molecule has 1 aromatic carbocycles. The number of nitrogens with zero attached hydrogens (tertiary/aromatic N) is 3. The van der Waals surface area contributed by atoms with Gasteiger partial charge in [-0.25, -0.2) is 4.39 Å². The zero-order valence-corrected chi connectivity index (χ0v) is 11.9. The predicted octanol–water partition coefficient (Wildman–Crippen LogP) is 0.605. The quantitative estimate of drug-likeness (QED) is 0.801. The van der Waals surface area contributed by atoms with E-state index in [1.807, 2.05) is 12.1 Å². The highest BCUT2D eigenvalue weighted by Gasteiger charge is 2.36. The SMILES string of the molecule is CNCC(C#N)(C#N)NC1CN(Cc2ccc(F)cc2)C1. The van der Waals surface area contributed by atoms with Gasteiger partial charge in [0.05, 0.1) is 0 Å². The number of hydrogen-bond acceptors (Lipinski definition) is 5. The molecule has 1 aliphatic rings. The van der Waals surface area contributed by atoms with E-state index in [0.29, 0.717) is 0 Å². The summed E-state index contributed by atoms with van der Waals surface area (Å²) in [6, 6.07) is 10.7. The molecular formula is C15H18FN5. The molecule has 6 heteroatoms. The van der Waals surface area contributed by atoms with E-state index in [1.54, 1.807) is 19.2 Å². The maximum atomic E-state index is 12.8. The number of benzene rings is 1. The minimum atomic E-state index is -1.18. The molecule has 0 unspecified atom stereocenters. The Kier molecular flexibility index (Phi) is 4.87. The molecule has 0 spiro atoms. The molecule has 1 saturated heterocycles. The van der Waals surface area contributed by atoms with Crippen LogP contribution in [0.4, 0.5) is 4.39 Å². The molecule has 0 aliphatic carbocycles. The molecule has 0 bridgehead atoms. The Morgan fingerprint density at radius 3 is 2.43 bits per heavy atom. The summed E-state index contributed by atoms with van der Waals surface area (Å²) in [6.45, 7) is 2.57. The number of nitriles is 2. The lowest BCUT2D eigenvalue weighted by Crippen LogP contribution is -2.65. The van der Waals surface area contributed by atoms with Gasteiger partial charge in [0.1, 0.15) is 18.0 Å². The van der Waals surface area contributed by atoms with Crippen molar-refractivity contribution in [3.8, 4) is 12.1 Å². The number of hydrogen-bond donors (Lipinski definition) is 2. The highest BCUT2D eigenvalue weighted by Crippen LogP contribution is 2.16. The second kappa shape index (κ2) is 6.64. The smallest absolute Gasteiger partial charge is 0.206 e. The molecule has 0 aromatic heterocycles. The molecule has 1 fully saturated rings. The lowest BCUT2D eigenvalue weighted by molar-refractivity contribution is 0.108. The lowest BCUT2D eigenvalue weighted by atomic mass is 9.98. The van der Waals surface area contributed by atoms with Gasteiger partial charge in [-0.1, -0.05) is 12.1 Å². The van der Waals surface area contributed by atoms with Crippen LogP contribution in [0.3, 0.4) is 0 Å². The maximum absolute atomic E-state index is 12.8. The fourth-order valence-corrected chi connectivity index (χ4v) is 2.47. The van der Waals surface area contributed by atoms with Gasteiger partial charge in [0.2, 0.25) is 5.54 Å². The monoisotopic (exact) mass is 287 g/mol. The molecule has 1 heterocycles. The van der Waals surface area contributed by atoms with Gasteiger partial charge in [0.25, 0.3) is 0 Å². The van der Waals surface area contributed by atoms with Crippen LogP contribution in [0.1, 0.15) is 5.56 Å². The van der Waals surface area contributed by atoms with Crippen LogP contribution in [0.15, 0.2) is 24.3 Å². The summed E-state index contributed by atoms with van der Waals surface area (Å²) in [7, 11) is 1.72. The van der Waals surface area contributed by atoms with Crippen molar-refractivity contribution in [2.24, 2.45) is 0 Å². The average molecular weight is 287 g/mol. The summed E-state index contributed by atoms with van der Waals surface area (Å²) >= 11 is 0. The zero-order valence-electron chi connectivity index (χ0n) is 11.9. The molecule has 1 aliphatic heterocycles. The van der Waals surface area contributed by atoms with Crippen molar-refractivity contribution in [3.05, 3.63) is 35.6 Å². The van der Waals surface area contributed by atoms with Crippen LogP contribution < -0.4 is 10.6 Å². The van der Waals surface area contributed by atoms with Crippen LogP contribution in [0.5, 0.6) is 0 Å². The Bertz CT molecular complexity index is 537. The first kappa shape index (κ1) is 15.4. The second-order valence-corrected chi connectivity index (χ2v) is 5.32. The largest absolute Gasteiger partial charge is 0.316 e. The van der Waals surface area contributed by atoms with Gasteiger partial charge in [-0.3, -0.25) is 10.2 Å². The number of nitrogens with one attached hydrogen (secondary N) is 2. The third-order valence-corrected chi connectivity index (χ3v) is 3.55. The summed E-state index contributed by atoms with van der Waals surface area (Å²) in [6.07, 6.45) is 0. The van der Waals surface area contributed by atoms with Crippen LogP contribution >= 0.6 is 0 Å². The Hall–Kier alpha value is -1.99. The summed E-state index contributed by atoms with van der Waals surface area (Å²) < 4.78 is 12.8. The van der Waals surface area contributed by atoms with Gasteiger partial charge >= 0.3 is 0 Å². The lowest BCUT2D eigenvalue weighted by Gasteiger charge is -2.42. The van der Waals surface area contributed by atoms with Gasteiger partial charge in [0, 0.05) is 32.2 Å². The van der Waals surface area contributed by atoms with Gasteiger partial charge in [0.15, 0.2) is 0 Å². The number of rotatable bonds is 6. The van der Waals surface area contributed by atoms with Crippen LogP contribution in [-0.2, 0) is 6.54 Å². The summed E-state index contributed by atoms with van der Waals surface area (Å²) in [5, 5.41) is 24.3. The first-order chi connectivity index (χ1) is 10.1. The summed E-state index contributed by atoms with van der Waals surface area (Å²) in [4.78, 5) is 2.18. The van der Waals surface area contributed by atoms with E-state index in [9.17, 15) is 14.9 Å². The number of halogens is 1. The predicted molar refractivity (Wildman–Crippen MR) is 76.5 cm³/mol. The molecule has 2 rings (SSSR count). The molecule has 0 saturated carbocycles. The molecule has 0 atom stereocenters. The fraction of sp³-hybridized carbons (Fsp3) is 0.467. The highest BCUT2D eigenvalue weighted by atomic mass is 19.1. The highest BCUT2D eigenvalue weighted by molar-refractivity contribution is 5.24. The van der Waals surface area contributed by atoms with Crippen molar-refractivity contribution in [2.75, 3.05) is 26.7 Å². The Morgan fingerprint density at radius 1 is 1.29 bits per heavy atom. The molecule has 1 aromatic rings. The number of likely N-dealkylation sites (N-methyl/N-ethyl adjacent to an activating group) is 1. The van der Waals surface area contributed by atoms with E-state index in [0.717, 1.165) is 25.2 Å². The molecule has 2 N–H and O–H groups in total. The molecule has 5 nitrogen and oxygen atoms in total. The minimum Gasteiger partial charge on any atom is -0.316 e. The van der Waals surface area contributed by atoms with E-state index in [2.05, 4.69) is 15.5 Å². The van der Waals surface area contributed by atoms with Gasteiger partial charge in [-0.15, -0.1) is 0 Å². The number of likely N-dealkylation sites (tertiary alicyclic amines) is 1. The van der Waals surface area contributed by atoms with Gasteiger partial charge < -0.3 is 5.32 Å². The molecule has 0 amide bonds. The van der Waals surface area contributed by atoms with E-state index in [1.165, 1.54) is 12.1 Å². The normalized spacial score (nSPS) is 16.0. The Morgan fingerprint density at radius 2 is 1.90 bits per heavy atom.